The lowest BCUT2D eigenvalue weighted by Crippen LogP contribution is -2.33. The topological polar surface area (TPSA) is 184 Å². The van der Waals surface area contributed by atoms with E-state index in [9.17, 15) is 20.4 Å². The van der Waals surface area contributed by atoms with Gasteiger partial charge in [-0.2, -0.15) is 5.10 Å². The summed E-state index contributed by atoms with van der Waals surface area (Å²) in [7, 11) is 0. The van der Waals surface area contributed by atoms with Crippen LogP contribution in [-0.2, 0) is 4.74 Å². The summed E-state index contributed by atoms with van der Waals surface area (Å²) in [5.41, 5.74) is 9.84. The van der Waals surface area contributed by atoms with E-state index in [1.165, 1.54) is 29.2 Å². The fraction of sp³-hybridized carbons (Fsp3) is 0.294. The van der Waals surface area contributed by atoms with Crippen LogP contribution in [0.5, 0.6) is 5.75 Å². The highest BCUT2D eigenvalue weighted by Crippen LogP contribution is 2.35. The van der Waals surface area contributed by atoms with Gasteiger partial charge in [0, 0.05) is 0 Å². The predicted octanol–water partition coefficient (Wildman–Crippen LogP) is -0.828. The Labute approximate surface area is 163 Å². The first-order valence-electron chi connectivity index (χ1n) is 8.68. The third-order valence-corrected chi connectivity index (χ3v) is 4.55. The van der Waals surface area contributed by atoms with Gasteiger partial charge < -0.3 is 30.9 Å². The lowest BCUT2D eigenvalue weighted by Gasteiger charge is -2.18. The van der Waals surface area contributed by atoms with Gasteiger partial charge in [0.2, 0.25) is 5.95 Å². The molecule has 0 spiro atoms. The molecule has 2 aromatic heterocycles. The number of anilines is 2. The summed E-state index contributed by atoms with van der Waals surface area (Å²) in [6.07, 6.45) is -1.97. The number of aliphatic hydroxyl groups is 3. The van der Waals surface area contributed by atoms with Crippen LogP contribution < -0.4 is 11.2 Å². The van der Waals surface area contributed by atoms with Crippen LogP contribution in [0.2, 0.25) is 0 Å². The molecule has 4 rings (SSSR count). The highest BCUT2D eigenvalue weighted by atomic mass is 16.6. The molecule has 29 heavy (non-hydrogen) atoms. The number of ether oxygens (including phenoxy) is 1. The lowest BCUT2D eigenvalue weighted by molar-refractivity contribution is -0.0501. The van der Waals surface area contributed by atoms with E-state index >= 15 is 0 Å². The van der Waals surface area contributed by atoms with Crippen molar-refractivity contribution in [1.82, 2.24) is 19.5 Å². The van der Waals surface area contributed by atoms with Crippen LogP contribution in [0.4, 0.5) is 11.8 Å². The number of nitrogens with zero attached hydrogens (tertiary/aromatic N) is 5. The first-order valence-corrected chi connectivity index (χ1v) is 8.68. The van der Waals surface area contributed by atoms with Crippen molar-refractivity contribution in [1.29, 1.82) is 0 Å². The number of hydrogen-bond acceptors (Lipinski definition) is 11. The third-order valence-electron chi connectivity index (χ3n) is 4.55. The molecule has 7 N–H and O–H groups in total. The zero-order chi connectivity index (χ0) is 20.5. The van der Waals surface area contributed by atoms with Gasteiger partial charge >= 0.3 is 0 Å². The summed E-state index contributed by atoms with van der Waals surface area (Å²) in [5, 5.41) is 43.3. The summed E-state index contributed by atoms with van der Waals surface area (Å²) in [4.78, 5) is 12.4. The molecule has 3 aromatic rings. The Kier molecular flexibility index (Phi) is 4.98. The number of hydrogen-bond donors (Lipinski definition) is 6. The van der Waals surface area contributed by atoms with Gasteiger partial charge in [0.05, 0.1) is 12.8 Å². The van der Waals surface area contributed by atoms with E-state index in [4.69, 9.17) is 10.5 Å². The highest BCUT2D eigenvalue weighted by molar-refractivity contribution is 5.84. The van der Waals surface area contributed by atoms with Gasteiger partial charge in [-0.25, -0.2) is 20.4 Å². The van der Waals surface area contributed by atoms with E-state index in [1.807, 2.05) is 0 Å². The molecule has 1 aromatic carbocycles. The standard InChI is InChI=1S/C17H19N7O5/c18-14-11-15(20-7-19-14)24(16-13(28)12(27)10(6-25)29-16)17(22-11)23-21-5-8-1-3-9(26)4-2-8/h1-5,7,10,12-13,16,25-28H,6H2,(H,22,23)(H2,18,19,20)/t10-,12+,13+,16-/m0/s1. The van der Waals surface area contributed by atoms with Gasteiger partial charge in [0.15, 0.2) is 23.2 Å². The highest BCUT2D eigenvalue weighted by Gasteiger charge is 2.45. The lowest BCUT2D eigenvalue weighted by atomic mass is 10.1. The average molecular weight is 401 g/mol. The molecule has 1 saturated heterocycles. The van der Waals surface area contributed by atoms with Crippen molar-refractivity contribution >= 4 is 29.1 Å². The quantitative estimate of drug-likeness (QED) is 0.233. The maximum atomic E-state index is 10.4. The summed E-state index contributed by atoms with van der Waals surface area (Å²) in [6.45, 7) is -0.472. The molecule has 1 aliphatic heterocycles. The molecule has 0 radical (unpaired) electrons. The summed E-state index contributed by atoms with van der Waals surface area (Å²) in [5.74, 6) is 0.387. The molecule has 4 atom stereocenters. The molecule has 0 aliphatic carbocycles. The molecule has 152 valence electrons. The van der Waals surface area contributed by atoms with Crippen LogP contribution in [0.1, 0.15) is 11.8 Å². The van der Waals surface area contributed by atoms with Crippen molar-refractivity contribution in [2.24, 2.45) is 5.10 Å². The molecule has 0 bridgehead atoms. The number of nitrogens with one attached hydrogen (secondary N) is 1. The molecule has 0 amide bonds. The third kappa shape index (κ3) is 3.45. The zero-order valence-electron chi connectivity index (χ0n) is 15.0. The van der Waals surface area contributed by atoms with Gasteiger partial charge in [0.25, 0.3) is 0 Å². The zero-order valence-corrected chi connectivity index (χ0v) is 15.0. The molecule has 0 unspecified atom stereocenters. The maximum absolute atomic E-state index is 10.4. The monoisotopic (exact) mass is 401 g/mol. The van der Waals surface area contributed by atoms with Crippen molar-refractivity contribution in [2.75, 3.05) is 17.8 Å². The first-order chi connectivity index (χ1) is 14.0. The number of hydrazone groups is 1. The molecule has 12 nitrogen and oxygen atoms in total. The molecule has 1 aliphatic rings. The number of nitrogens with two attached hydrogens (primary N) is 1. The molecule has 3 heterocycles. The Hall–Kier alpha value is -3.32. The second kappa shape index (κ2) is 7.60. The van der Waals surface area contributed by atoms with Gasteiger partial charge in [-0.1, -0.05) is 0 Å². The van der Waals surface area contributed by atoms with Crippen molar-refractivity contribution in [3.63, 3.8) is 0 Å². The molecular formula is C17H19N7O5. The van der Waals surface area contributed by atoms with E-state index < -0.39 is 31.1 Å². The Morgan fingerprint density at radius 3 is 2.66 bits per heavy atom. The van der Waals surface area contributed by atoms with Crippen molar-refractivity contribution in [3.05, 3.63) is 36.2 Å². The van der Waals surface area contributed by atoms with Crippen LogP contribution in [0, 0.1) is 0 Å². The number of benzene rings is 1. The summed E-state index contributed by atoms with van der Waals surface area (Å²) < 4.78 is 6.99. The number of phenols is 1. The van der Waals surface area contributed by atoms with E-state index in [1.54, 1.807) is 12.1 Å². The fourth-order valence-electron chi connectivity index (χ4n) is 3.06. The Morgan fingerprint density at radius 1 is 1.21 bits per heavy atom. The van der Waals surface area contributed by atoms with Crippen LogP contribution in [0.25, 0.3) is 11.2 Å². The number of fused-ring (bicyclic) bond motifs is 1. The number of phenolic OH excluding ortho intramolecular Hbond substituents is 1. The number of aromatic hydroxyl groups is 1. The first kappa shape index (κ1) is 19.0. The number of aliphatic hydroxyl groups excluding tert-OH is 3. The minimum absolute atomic E-state index is 0.117. The van der Waals surface area contributed by atoms with Crippen molar-refractivity contribution in [2.45, 2.75) is 24.5 Å². The second-order valence-electron chi connectivity index (χ2n) is 6.43. The SMILES string of the molecule is Nc1ncnc2c1nc(NN=Cc1ccc(O)cc1)n2[C@H]1O[C@@H](CO)[C@@H](O)[C@H]1O. The van der Waals surface area contributed by atoms with E-state index in [2.05, 4.69) is 25.5 Å². The largest absolute Gasteiger partial charge is 0.508 e. The van der Waals surface area contributed by atoms with Gasteiger partial charge in [-0.3, -0.25) is 4.57 Å². The van der Waals surface area contributed by atoms with Crippen LogP contribution in [0.3, 0.4) is 0 Å². The molecule has 1 fully saturated rings. The van der Waals surface area contributed by atoms with Gasteiger partial charge in [-0.05, 0) is 29.8 Å². The van der Waals surface area contributed by atoms with Gasteiger partial charge in [0.1, 0.15) is 30.4 Å². The van der Waals surface area contributed by atoms with Crippen molar-refractivity contribution < 1.29 is 25.2 Å². The van der Waals surface area contributed by atoms with Crippen LogP contribution in [0.15, 0.2) is 35.7 Å². The minimum atomic E-state index is -1.35. The minimum Gasteiger partial charge on any atom is -0.508 e. The number of rotatable bonds is 5. The molecular weight excluding hydrogens is 382 g/mol. The predicted molar refractivity (Wildman–Crippen MR) is 102 cm³/mol. The normalized spacial score (nSPS) is 24.5. The van der Waals surface area contributed by atoms with Crippen molar-refractivity contribution in [3.8, 4) is 5.75 Å². The van der Waals surface area contributed by atoms with Crippen LogP contribution >= 0.6 is 0 Å². The molecule has 12 heteroatoms. The fourth-order valence-corrected chi connectivity index (χ4v) is 3.06. The van der Waals surface area contributed by atoms with E-state index in [0.717, 1.165) is 0 Å². The number of nitrogen functional groups attached to an aromatic ring is 1. The maximum Gasteiger partial charge on any atom is 0.228 e. The molecule has 0 saturated carbocycles. The summed E-state index contributed by atoms with van der Waals surface area (Å²) >= 11 is 0. The Bertz CT molecular complexity index is 1040. The smallest absolute Gasteiger partial charge is 0.228 e. The number of aromatic nitrogens is 4. The van der Waals surface area contributed by atoms with E-state index in [-0.39, 0.29) is 28.7 Å². The summed E-state index contributed by atoms with van der Waals surface area (Å²) in [6, 6.07) is 6.37. The van der Waals surface area contributed by atoms with E-state index in [0.29, 0.717) is 5.56 Å². The van der Waals surface area contributed by atoms with Crippen LogP contribution in [-0.4, -0.2) is 71.1 Å². The Balaban J connectivity index is 1.71. The average Bonchev–Trinajstić information content (AvgIpc) is 3.22. The number of imidazole rings is 1. The Morgan fingerprint density at radius 2 is 1.97 bits per heavy atom. The van der Waals surface area contributed by atoms with Gasteiger partial charge in [-0.15, -0.1) is 0 Å². The second-order valence-corrected chi connectivity index (χ2v) is 6.43.